The number of carboxylic acids is 1. The van der Waals surface area contributed by atoms with Crippen LogP contribution in [-0.2, 0) is 9.53 Å². The number of rotatable bonds is 4. The number of carboxylic acid groups (broad SMARTS) is 1. The van der Waals surface area contributed by atoms with Crippen molar-refractivity contribution >= 4 is 11.9 Å². The van der Waals surface area contributed by atoms with Gasteiger partial charge in [0.25, 0.3) is 5.91 Å². The van der Waals surface area contributed by atoms with Crippen LogP contribution < -0.4 is 4.74 Å². The summed E-state index contributed by atoms with van der Waals surface area (Å²) in [5, 5.41) is 9.59. The van der Waals surface area contributed by atoms with Gasteiger partial charge in [0.15, 0.2) is 5.76 Å². The Morgan fingerprint density at radius 3 is 2.65 bits per heavy atom. The molecule has 26 heavy (non-hydrogen) atoms. The van der Waals surface area contributed by atoms with Gasteiger partial charge >= 0.3 is 5.97 Å². The molecule has 0 saturated carbocycles. The number of aliphatic carboxylic acids is 1. The van der Waals surface area contributed by atoms with Gasteiger partial charge in [0.1, 0.15) is 16.9 Å². The number of nitrogens with zero attached hydrogens (tertiary/aromatic N) is 1. The van der Waals surface area contributed by atoms with Crippen LogP contribution in [-0.4, -0.2) is 55.3 Å². The Labute approximate surface area is 150 Å². The number of carbonyl (C=O) groups is 2. The normalized spacial score (nSPS) is 24.5. The number of furan rings is 1. The molecule has 7 nitrogen and oxygen atoms in total. The van der Waals surface area contributed by atoms with Crippen LogP contribution in [0.1, 0.15) is 10.6 Å². The standard InChI is InChI=1S/C19H19NO6/c1-24-14-4-2-12(3-5-14)15-6-7-16(26-15)17(21)20-8-13-9-25-11-19(13,10-20)18(22)23/h2-7,13H,8-11H2,1H3,(H,22,23)/t13-,19-/m1/s1. The lowest BCUT2D eigenvalue weighted by molar-refractivity contribution is -0.149. The first-order valence-corrected chi connectivity index (χ1v) is 8.38. The predicted octanol–water partition coefficient (Wildman–Crippen LogP) is 2.13. The Hall–Kier alpha value is -2.80. The molecule has 0 radical (unpaired) electrons. The average Bonchev–Trinajstić information content (AvgIpc) is 3.35. The van der Waals surface area contributed by atoms with E-state index in [0.29, 0.717) is 18.9 Å². The molecule has 4 rings (SSSR count). The van der Waals surface area contributed by atoms with Gasteiger partial charge in [0.05, 0.1) is 20.3 Å². The molecule has 2 aliphatic rings. The van der Waals surface area contributed by atoms with E-state index in [9.17, 15) is 14.7 Å². The lowest BCUT2D eigenvalue weighted by Crippen LogP contribution is -2.40. The third-order valence-corrected chi connectivity index (χ3v) is 5.28. The zero-order valence-electron chi connectivity index (χ0n) is 14.3. The van der Waals surface area contributed by atoms with Crippen molar-refractivity contribution in [3.8, 4) is 17.1 Å². The van der Waals surface area contributed by atoms with Crippen molar-refractivity contribution in [1.29, 1.82) is 0 Å². The van der Waals surface area contributed by atoms with Crippen LogP contribution in [0, 0.1) is 11.3 Å². The van der Waals surface area contributed by atoms with Gasteiger partial charge in [-0.25, -0.2) is 0 Å². The molecule has 1 N–H and O–H groups in total. The van der Waals surface area contributed by atoms with Crippen LogP contribution >= 0.6 is 0 Å². The smallest absolute Gasteiger partial charge is 0.314 e. The molecule has 0 aliphatic carbocycles. The van der Waals surface area contributed by atoms with Gasteiger partial charge in [-0.1, -0.05) is 0 Å². The maximum absolute atomic E-state index is 12.8. The third-order valence-electron chi connectivity index (χ3n) is 5.28. The largest absolute Gasteiger partial charge is 0.497 e. The van der Waals surface area contributed by atoms with Gasteiger partial charge in [0.2, 0.25) is 0 Å². The summed E-state index contributed by atoms with van der Waals surface area (Å²) in [4.78, 5) is 26.0. The summed E-state index contributed by atoms with van der Waals surface area (Å²) in [5.74, 6) is 0.138. The first kappa shape index (κ1) is 16.7. The topological polar surface area (TPSA) is 89.2 Å². The van der Waals surface area contributed by atoms with Gasteiger partial charge in [-0.3, -0.25) is 9.59 Å². The molecule has 1 aromatic heterocycles. The lowest BCUT2D eigenvalue weighted by atomic mass is 9.81. The van der Waals surface area contributed by atoms with Crippen LogP contribution in [0.5, 0.6) is 5.75 Å². The van der Waals surface area contributed by atoms with Gasteiger partial charge in [0, 0.05) is 24.6 Å². The number of benzene rings is 1. The van der Waals surface area contributed by atoms with Crippen molar-refractivity contribution in [2.45, 2.75) is 0 Å². The van der Waals surface area contributed by atoms with Crippen LogP contribution in [0.3, 0.4) is 0 Å². The van der Waals surface area contributed by atoms with Crippen LogP contribution in [0.2, 0.25) is 0 Å². The second-order valence-corrected chi connectivity index (χ2v) is 6.75. The highest BCUT2D eigenvalue weighted by Gasteiger charge is 2.57. The molecule has 0 unspecified atom stereocenters. The van der Waals surface area contributed by atoms with E-state index in [-0.39, 0.29) is 30.7 Å². The van der Waals surface area contributed by atoms with Crippen LogP contribution in [0.4, 0.5) is 0 Å². The molecule has 2 aromatic rings. The lowest BCUT2D eigenvalue weighted by Gasteiger charge is -2.21. The Morgan fingerprint density at radius 1 is 1.23 bits per heavy atom. The Bertz CT molecular complexity index is 842. The van der Waals surface area contributed by atoms with Crippen LogP contribution in [0.15, 0.2) is 40.8 Å². The first-order chi connectivity index (χ1) is 12.5. The van der Waals surface area contributed by atoms with E-state index < -0.39 is 11.4 Å². The molecular formula is C19H19NO6. The summed E-state index contributed by atoms with van der Waals surface area (Å²) in [6.07, 6.45) is 0. The molecule has 3 heterocycles. The number of fused-ring (bicyclic) bond motifs is 1. The monoisotopic (exact) mass is 357 g/mol. The van der Waals surface area contributed by atoms with E-state index >= 15 is 0 Å². The number of likely N-dealkylation sites (tertiary alicyclic amines) is 1. The maximum atomic E-state index is 12.8. The second kappa shape index (κ2) is 6.17. The molecule has 2 fully saturated rings. The summed E-state index contributed by atoms with van der Waals surface area (Å²) in [7, 11) is 1.60. The quantitative estimate of drug-likeness (QED) is 0.902. The number of hydrogen-bond donors (Lipinski definition) is 1. The molecule has 1 amide bonds. The Balaban J connectivity index is 1.53. The van der Waals surface area contributed by atoms with E-state index in [1.165, 1.54) is 0 Å². The average molecular weight is 357 g/mol. The van der Waals surface area contributed by atoms with Gasteiger partial charge in [-0.15, -0.1) is 0 Å². The molecule has 0 spiro atoms. The van der Waals surface area contributed by atoms with Crippen molar-refractivity contribution in [3.63, 3.8) is 0 Å². The van der Waals surface area contributed by atoms with Crippen molar-refractivity contribution in [3.05, 3.63) is 42.2 Å². The van der Waals surface area contributed by atoms with Crippen molar-refractivity contribution in [1.82, 2.24) is 4.90 Å². The fourth-order valence-corrected chi connectivity index (χ4v) is 3.71. The van der Waals surface area contributed by atoms with Crippen LogP contribution in [0.25, 0.3) is 11.3 Å². The highest BCUT2D eigenvalue weighted by atomic mass is 16.5. The second-order valence-electron chi connectivity index (χ2n) is 6.75. The number of hydrogen-bond acceptors (Lipinski definition) is 5. The minimum Gasteiger partial charge on any atom is -0.497 e. The van der Waals surface area contributed by atoms with E-state index in [4.69, 9.17) is 13.9 Å². The summed E-state index contributed by atoms with van der Waals surface area (Å²) >= 11 is 0. The highest BCUT2D eigenvalue weighted by molar-refractivity contribution is 5.93. The molecule has 1 aromatic carbocycles. The maximum Gasteiger partial charge on any atom is 0.314 e. The van der Waals surface area contributed by atoms with E-state index in [2.05, 4.69) is 0 Å². The fourth-order valence-electron chi connectivity index (χ4n) is 3.71. The van der Waals surface area contributed by atoms with Crippen molar-refractivity contribution < 1.29 is 28.6 Å². The zero-order valence-corrected chi connectivity index (χ0v) is 14.3. The van der Waals surface area contributed by atoms with E-state index in [1.807, 2.05) is 24.3 Å². The fraction of sp³-hybridized carbons (Fsp3) is 0.368. The summed E-state index contributed by atoms with van der Waals surface area (Å²) in [6.45, 7) is 1.02. The Morgan fingerprint density at radius 2 is 2.00 bits per heavy atom. The van der Waals surface area contributed by atoms with E-state index in [0.717, 1.165) is 11.3 Å². The molecule has 2 atom stereocenters. The minimum absolute atomic E-state index is 0.143. The predicted molar refractivity (Wildman–Crippen MR) is 91.0 cm³/mol. The minimum atomic E-state index is -0.999. The van der Waals surface area contributed by atoms with Crippen molar-refractivity contribution in [2.75, 3.05) is 33.4 Å². The molecule has 7 heteroatoms. The molecule has 2 aliphatic heterocycles. The van der Waals surface area contributed by atoms with E-state index in [1.54, 1.807) is 24.1 Å². The molecule has 136 valence electrons. The highest BCUT2D eigenvalue weighted by Crippen LogP contribution is 2.42. The first-order valence-electron chi connectivity index (χ1n) is 8.38. The van der Waals surface area contributed by atoms with Gasteiger partial charge in [-0.05, 0) is 36.4 Å². The zero-order chi connectivity index (χ0) is 18.3. The molecule has 0 bridgehead atoms. The molecule has 2 saturated heterocycles. The number of methoxy groups -OCH3 is 1. The summed E-state index contributed by atoms with van der Waals surface area (Å²) in [6, 6.07) is 10.7. The summed E-state index contributed by atoms with van der Waals surface area (Å²) < 4.78 is 16.2. The number of amides is 1. The SMILES string of the molecule is COc1ccc(-c2ccc(C(=O)N3C[C@@H]4COC[C@]4(C(=O)O)C3)o2)cc1. The number of ether oxygens (including phenoxy) is 2. The summed E-state index contributed by atoms with van der Waals surface area (Å²) in [5.41, 5.74) is -0.167. The van der Waals surface area contributed by atoms with Gasteiger partial charge in [-0.2, -0.15) is 0 Å². The Kier molecular flexibility index (Phi) is 3.96. The number of carbonyl (C=O) groups excluding carboxylic acids is 1. The third kappa shape index (κ3) is 2.55. The molecular weight excluding hydrogens is 338 g/mol. The van der Waals surface area contributed by atoms with Gasteiger partial charge < -0.3 is 23.9 Å². The van der Waals surface area contributed by atoms with Crippen molar-refractivity contribution in [2.24, 2.45) is 11.3 Å².